The summed E-state index contributed by atoms with van der Waals surface area (Å²) in [6, 6.07) is 0. The number of ether oxygens (including phenoxy) is 1. The molecule has 7 heteroatoms. The summed E-state index contributed by atoms with van der Waals surface area (Å²) >= 11 is 7.85. The second kappa shape index (κ2) is 5.10. The van der Waals surface area contributed by atoms with Crippen LogP contribution in [0.3, 0.4) is 0 Å². The molecule has 0 fully saturated rings. The first-order chi connectivity index (χ1) is 9.97. The van der Waals surface area contributed by atoms with E-state index in [4.69, 9.17) is 16.3 Å². The van der Waals surface area contributed by atoms with Gasteiger partial charge in [0, 0.05) is 5.03 Å². The fraction of sp³-hybridized carbons (Fsp3) is 0.429. The van der Waals surface area contributed by atoms with Crippen LogP contribution >= 0.6 is 23.4 Å². The topological polar surface area (TPSA) is 64.4 Å². The molecule has 5 nitrogen and oxygen atoms in total. The number of aliphatic imine (C=N–C) groups is 1. The standard InChI is InChI=1S/C14H14ClN3O2S/c1-14(2)4-8(15)11-9(7(14)5-19)18-10-12(20-3)16-6-17-13(10)21-11/h5-7H,4H2,1-3H3/t7-/m0/s1. The van der Waals surface area contributed by atoms with Gasteiger partial charge in [0.25, 0.3) is 0 Å². The normalized spacial score (nSPS) is 23.0. The van der Waals surface area contributed by atoms with E-state index in [1.165, 1.54) is 25.2 Å². The highest BCUT2D eigenvalue weighted by atomic mass is 35.5. The molecule has 0 bridgehead atoms. The molecule has 0 amide bonds. The van der Waals surface area contributed by atoms with E-state index in [-0.39, 0.29) is 11.3 Å². The monoisotopic (exact) mass is 323 g/mol. The Kier molecular flexibility index (Phi) is 3.53. The number of aromatic nitrogens is 2. The Bertz CT molecular complexity index is 685. The van der Waals surface area contributed by atoms with Gasteiger partial charge in [-0.25, -0.2) is 9.98 Å². The fourth-order valence-corrected chi connectivity index (χ4v) is 4.14. The van der Waals surface area contributed by atoms with Crippen LogP contribution < -0.4 is 4.74 Å². The Morgan fingerprint density at radius 2 is 2.24 bits per heavy atom. The average molecular weight is 324 g/mol. The number of allylic oxidation sites excluding steroid dienone is 2. The highest BCUT2D eigenvalue weighted by Gasteiger charge is 2.43. The van der Waals surface area contributed by atoms with Gasteiger partial charge in [0.1, 0.15) is 17.6 Å². The lowest BCUT2D eigenvalue weighted by atomic mass is 9.71. The van der Waals surface area contributed by atoms with E-state index in [1.54, 1.807) is 0 Å². The van der Waals surface area contributed by atoms with E-state index in [9.17, 15) is 4.79 Å². The van der Waals surface area contributed by atoms with Crippen LogP contribution in [0.2, 0.25) is 0 Å². The molecule has 1 aromatic heterocycles. The molecule has 21 heavy (non-hydrogen) atoms. The molecule has 0 spiro atoms. The van der Waals surface area contributed by atoms with E-state index in [1.807, 2.05) is 13.8 Å². The van der Waals surface area contributed by atoms with Crippen LogP contribution in [0.15, 0.2) is 26.3 Å². The van der Waals surface area contributed by atoms with Crippen molar-refractivity contribution in [1.29, 1.82) is 0 Å². The molecule has 2 heterocycles. The number of fused-ring (bicyclic) bond motifs is 2. The summed E-state index contributed by atoms with van der Waals surface area (Å²) in [7, 11) is 1.54. The summed E-state index contributed by atoms with van der Waals surface area (Å²) in [5, 5.41) is 1.42. The predicted molar refractivity (Wildman–Crippen MR) is 82.4 cm³/mol. The number of thioether (sulfide) groups is 1. The zero-order valence-electron chi connectivity index (χ0n) is 11.9. The maximum Gasteiger partial charge on any atom is 0.244 e. The van der Waals surface area contributed by atoms with Crippen LogP contribution in [0, 0.1) is 11.3 Å². The largest absolute Gasteiger partial charge is 0.479 e. The molecular formula is C14H14ClN3O2S. The lowest BCUT2D eigenvalue weighted by Crippen LogP contribution is -2.37. The zero-order chi connectivity index (χ0) is 15.2. The first-order valence-corrected chi connectivity index (χ1v) is 7.67. The van der Waals surface area contributed by atoms with Gasteiger partial charge in [-0.3, -0.25) is 0 Å². The van der Waals surface area contributed by atoms with Crippen molar-refractivity contribution < 1.29 is 9.53 Å². The number of rotatable bonds is 2. The molecule has 1 aliphatic carbocycles. The smallest absolute Gasteiger partial charge is 0.244 e. The van der Waals surface area contributed by atoms with Gasteiger partial charge in [0.15, 0.2) is 5.69 Å². The van der Waals surface area contributed by atoms with Gasteiger partial charge >= 0.3 is 0 Å². The number of hydrogen-bond acceptors (Lipinski definition) is 6. The van der Waals surface area contributed by atoms with Crippen LogP contribution in [0.5, 0.6) is 5.88 Å². The molecular weight excluding hydrogens is 310 g/mol. The van der Waals surface area contributed by atoms with Gasteiger partial charge in [-0.05, 0) is 11.8 Å². The van der Waals surface area contributed by atoms with E-state index in [2.05, 4.69) is 15.0 Å². The molecule has 3 rings (SSSR count). The van der Waals surface area contributed by atoms with Crippen molar-refractivity contribution in [2.75, 3.05) is 7.11 Å². The molecule has 1 aromatic rings. The Labute approximate surface area is 131 Å². The minimum atomic E-state index is -0.305. The molecule has 0 aromatic carbocycles. The number of hydrogen-bond donors (Lipinski definition) is 0. The summed E-state index contributed by atoms with van der Waals surface area (Å²) < 4.78 is 5.23. The molecule has 0 unspecified atom stereocenters. The minimum Gasteiger partial charge on any atom is -0.479 e. The van der Waals surface area contributed by atoms with E-state index in [0.717, 1.165) is 16.2 Å². The quantitative estimate of drug-likeness (QED) is 0.617. The molecule has 110 valence electrons. The summed E-state index contributed by atoms with van der Waals surface area (Å²) in [6.07, 6.45) is 3.03. The van der Waals surface area contributed by atoms with E-state index >= 15 is 0 Å². The summed E-state index contributed by atoms with van der Waals surface area (Å²) in [4.78, 5) is 25.3. The molecule has 0 radical (unpaired) electrons. The van der Waals surface area contributed by atoms with Gasteiger partial charge in [0.05, 0.1) is 23.6 Å². The van der Waals surface area contributed by atoms with Crippen LogP contribution in [0.25, 0.3) is 0 Å². The van der Waals surface area contributed by atoms with Crippen LogP contribution in [0.1, 0.15) is 20.3 Å². The second-order valence-electron chi connectivity index (χ2n) is 5.65. The van der Waals surface area contributed by atoms with Crippen molar-refractivity contribution in [2.24, 2.45) is 16.3 Å². The number of carbonyl (C=O) groups excluding carboxylic acids is 1. The van der Waals surface area contributed by atoms with Gasteiger partial charge in [-0.2, -0.15) is 4.98 Å². The van der Waals surface area contributed by atoms with Crippen LogP contribution in [0.4, 0.5) is 5.69 Å². The molecule has 2 aliphatic rings. The number of methoxy groups -OCH3 is 1. The number of carbonyl (C=O) groups is 1. The first kappa shape index (κ1) is 14.5. The summed E-state index contributed by atoms with van der Waals surface area (Å²) in [5.41, 5.74) is 0.997. The van der Waals surface area contributed by atoms with E-state index < -0.39 is 0 Å². The first-order valence-electron chi connectivity index (χ1n) is 6.47. The fourth-order valence-electron chi connectivity index (χ4n) is 2.60. The highest BCUT2D eigenvalue weighted by molar-refractivity contribution is 8.04. The van der Waals surface area contributed by atoms with E-state index in [0.29, 0.717) is 28.7 Å². The average Bonchev–Trinajstić information content (AvgIpc) is 2.44. The summed E-state index contributed by atoms with van der Waals surface area (Å²) in [5.74, 6) is 0.101. The second-order valence-corrected chi connectivity index (χ2v) is 7.10. The lowest BCUT2D eigenvalue weighted by molar-refractivity contribution is -0.111. The van der Waals surface area contributed by atoms with Crippen LogP contribution in [-0.2, 0) is 4.79 Å². The Morgan fingerprint density at radius 3 is 2.90 bits per heavy atom. The molecule has 1 atom stereocenters. The lowest BCUT2D eigenvalue weighted by Gasteiger charge is -2.38. The summed E-state index contributed by atoms with van der Waals surface area (Å²) in [6.45, 7) is 4.04. The van der Waals surface area contributed by atoms with Gasteiger partial charge in [0.2, 0.25) is 5.88 Å². The predicted octanol–water partition coefficient (Wildman–Crippen LogP) is 3.36. The van der Waals surface area contributed by atoms with Crippen molar-refractivity contribution in [3.05, 3.63) is 16.3 Å². The Morgan fingerprint density at radius 1 is 1.48 bits per heavy atom. The molecule has 1 aliphatic heterocycles. The van der Waals surface area contributed by atoms with Gasteiger partial charge in [-0.1, -0.05) is 37.2 Å². The SMILES string of the molecule is COc1ncnc2c1N=C1C(=C(Cl)CC(C)(C)[C@H]1C=O)S2. The third kappa shape index (κ3) is 2.26. The number of aldehydes is 1. The molecule has 0 N–H and O–H groups in total. The minimum absolute atomic E-state index is 0.262. The molecule has 0 saturated carbocycles. The Balaban J connectivity index is 2.23. The van der Waals surface area contributed by atoms with Crippen molar-refractivity contribution >= 4 is 41.0 Å². The van der Waals surface area contributed by atoms with Crippen LogP contribution in [-0.4, -0.2) is 29.1 Å². The number of halogens is 1. The highest BCUT2D eigenvalue weighted by Crippen LogP contribution is 2.52. The third-order valence-electron chi connectivity index (χ3n) is 3.74. The zero-order valence-corrected chi connectivity index (χ0v) is 13.5. The maximum atomic E-state index is 11.6. The van der Waals surface area contributed by atoms with Crippen molar-refractivity contribution in [3.8, 4) is 5.88 Å². The third-order valence-corrected chi connectivity index (χ3v) is 5.33. The van der Waals surface area contributed by atoms with Crippen molar-refractivity contribution in [2.45, 2.75) is 25.3 Å². The Hall–Kier alpha value is -1.40. The van der Waals surface area contributed by atoms with Crippen molar-refractivity contribution in [1.82, 2.24) is 9.97 Å². The van der Waals surface area contributed by atoms with Gasteiger partial charge in [-0.15, -0.1) is 0 Å². The maximum absolute atomic E-state index is 11.6. The number of nitrogens with zero attached hydrogens (tertiary/aromatic N) is 3. The molecule has 0 saturated heterocycles. The van der Waals surface area contributed by atoms with Crippen molar-refractivity contribution in [3.63, 3.8) is 0 Å². The van der Waals surface area contributed by atoms with Gasteiger partial charge < -0.3 is 9.53 Å².